The molecule has 0 aliphatic rings. The van der Waals surface area contributed by atoms with Crippen LogP contribution in [0.15, 0.2) is 0 Å². The normalized spacial score (nSPS) is 30.2. The van der Waals surface area contributed by atoms with Gasteiger partial charge in [0.2, 0.25) is 0 Å². The molecule has 0 saturated heterocycles. The third kappa shape index (κ3) is 12.7. The van der Waals surface area contributed by atoms with E-state index in [9.17, 15) is 0 Å². The molecule has 0 N–H and O–H groups in total. The average Bonchev–Trinajstić information content (AvgIpc) is 1.36. The molecule has 0 fully saturated rings. The van der Waals surface area contributed by atoms with E-state index in [1.165, 1.54) is 0 Å². The van der Waals surface area contributed by atoms with Gasteiger partial charge in [-0.2, -0.15) is 0 Å². The molecule has 0 spiro atoms. The molecule has 3 atom stereocenters. The molecule has 0 bridgehead atoms. The molecule has 3 heteroatoms. The Labute approximate surface area is 34.4 Å². The Morgan fingerprint density at radius 2 is 3.25 bits per heavy atom. The molecule has 0 aromatic carbocycles. The number of rotatable bonds is 0. The van der Waals surface area contributed by atoms with Gasteiger partial charge < -0.3 is 0 Å². The SMILES string of the molecule is [2H]C([3H])P([B])P. The highest BCUT2D eigenvalue weighted by molar-refractivity contribution is 8.25. The van der Waals surface area contributed by atoms with Crippen LogP contribution >= 0.6 is 16.4 Å². The highest BCUT2D eigenvalue weighted by Crippen LogP contribution is 2.32. The molecule has 22 valence electrons. The first kappa shape index (κ1) is 2.16. The van der Waals surface area contributed by atoms with E-state index in [0.29, 0.717) is 0 Å². The molecular formula is CH5BP2. The summed E-state index contributed by atoms with van der Waals surface area (Å²) >= 11 is 0. The van der Waals surface area contributed by atoms with Crippen molar-refractivity contribution in [3.63, 3.8) is 0 Å². The van der Waals surface area contributed by atoms with Crippen LogP contribution in [0.3, 0.4) is 0 Å². The van der Waals surface area contributed by atoms with E-state index in [-0.39, 0.29) is 0 Å². The Kier molecular flexibility index (Phi) is 1.18. The molecule has 0 aromatic heterocycles. The van der Waals surface area contributed by atoms with Crippen molar-refractivity contribution in [2.75, 3.05) is 6.62 Å². The van der Waals surface area contributed by atoms with Gasteiger partial charge in [0, 0.05) is 2.74 Å². The maximum absolute atomic E-state index is 6.58. The highest BCUT2D eigenvalue weighted by Gasteiger charge is 1.66. The van der Waals surface area contributed by atoms with E-state index in [4.69, 9.17) is 10.3 Å². The lowest BCUT2D eigenvalue weighted by Gasteiger charge is -1.82. The average molecular weight is 92.8 g/mol. The second-order valence-electron chi connectivity index (χ2n) is 0.447. The van der Waals surface area contributed by atoms with Crippen LogP contribution in [0.2, 0.25) is 0 Å². The Hall–Kier alpha value is 0.925. The molecule has 3 unspecified atom stereocenters. The molecule has 0 nitrogen and oxygen atoms in total. The first-order valence-corrected chi connectivity index (χ1v) is 3.87. The third-order valence-electron chi connectivity index (χ3n) is 0. The molecule has 0 amide bonds. The highest BCUT2D eigenvalue weighted by atomic mass is 32.0. The standard InChI is InChI=1S/CH5BP2/c1-4(2)3/h3H2,1H3/i1TD. The summed E-state index contributed by atoms with van der Waals surface area (Å²) in [7, 11) is 6.42. The van der Waals surface area contributed by atoms with Crippen LogP contribution in [-0.2, 0) is 0 Å². The van der Waals surface area contributed by atoms with Crippen LogP contribution in [0.1, 0.15) is 2.74 Å². The van der Waals surface area contributed by atoms with Gasteiger partial charge in [0.1, 0.15) is 7.57 Å². The van der Waals surface area contributed by atoms with Gasteiger partial charge in [0.25, 0.3) is 0 Å². The van der Waals surface area contributed by atoms with Crippen LogP contribution in [0.5, 0.6) is 0 Å². The fourth-order valence-corrected chi connectivity index (χ4v) is 0. The lowest BCUT2D eigenvalue weighted by molar-refractivity contribution is 2.50. The first-order chi connectivity index (χ1) is 2.64. The van der Waals surface area contributed by atoms with E-state index in [2.05, 4.69) is 8.93 Å². The molecule has 4 heavy (non-hydrogen) atoms. The molecule has 0 aliphatic carbocycles. The number of hydrogen-bond donors (Lipinski definition) is 0. The van der Waals surface area contributed by atoms with Crippen molar-refractivity contribution in [2.45, 2.75) is 0 Å². The van der Waals surface area contributed by atoms with Gasteiger partial charge in [-0.05, 0) is 6.62 Å². The summed E-state index contributed by atoms with van der Waals surface area (Å²) in [6, 6.07) is 0. The van der Waals surface area contributed by atoms with Crippen molar-refractivity contribution in [1.29, 1.82) is 0 Å². The van der Waals surface area contributed by atoms with Gasteiger partial charge in [0.15, 0.2) is 0 Å². The maximum atomic E-state index is 6.58. The first-order valence-electron chi connectivity index (χ1n) is 1.93. The third-order valence-corrected chi connectivity index (χ3v) is 0. The zero-order valence-electron chi connectivity index (χ0n) is 4.18. The minimum absolute atomic E-state index is 0.843. The molecular weight excluding hydrogens is 84.8 g/mol. The number of hydrogen-bond acceptors (Lipinski definition) is 0. The Balaban J connectivity index is 2.99. The quantitative estimate of drug-likeness (QED) is 0.309. The van der Waals surface area contributed by atoms with Gasteiger partial charge in [-0.3, -0.25) is 0 Å². The summed E-state index contributed by atoms with van der Waals surface area (Å²) in [6.07, 6.45) is 0. The Bertz CT molecular complexity index is 32.5. The van der Waals surface area contributed by atoms with Gasteiger partial charge in [-0.1, -0.05) is 0 Å². The lowest BCUT2D eigenvalue weighted by Crippen LogP contribution is -1.40. The van der Waals surface area contributed by atoms with Crippen molar-refractivity contribution >= 4 is 24.0 Å². The second-order valence-corrected chi connectivity index (χ2v) is 3.13. The summed E-state index contributed by atoms with van der Waals surface area (Å²) in [6.45, 7) is -0.843. The summed E-state index contributed by atoms with van der Waals surface area (Å²) < 4.78 is 13.2. The summed E-state index contributed by atoms with van der Waals surface area (Å²) in [5.74, 6) is 0. The largest absolute Gasteiger partial charge is 0.141 e. The second kappa shape index (κ2) is 2.18. The summed E-state index contributed by atoms with van der Waals surface area (Å²) in [5, 5.41) is 0. The van der Waals surface area contributed by atoms with Crippen LogP contribution in [-0.4, -0.2) is 14.2 Å². The maximum Gasteiger partial charge on any atom is 0.114 e. The minimum atomic E-state index is -0.909. The molecule has 0 saturated carbocycles. The smallest absolute Gasteiger partial charge is 0.114 e. The Morgan fingerprint density at radius 1 is 3.00 bits per heavy atom. The van der Waals surface area contributed by atoms with Crippen molar-refractivity contribution in [3.8, 4) is 0 Å². The fraction of sp³-hybridized carbons (Fsp3) is 1.00. The van der Waals surface area contributed by atoms with E-state index in [0.717, 1.165) is 0 Å². The van der Waals surface area contributed by atoms with Crippen molar-refractivity contribution < 1.29 is 2.74 Å². The molecule has 0 heterocycles. The van der Waals surface area contributed by atoms with Crippen molar-refractivity contribution in [3.05, 3.63) is 0 Å². The summed E-state index contributed by atoms with van der Waals surface area (Å²) in [4.78, 5) is 0. The van der Waals surface area contributed by atoms with Gasteiger partial charge >= 0.3 is 0 Å². The Morgan fingerprint density at radius 3 is 3.25 bits per heavy atom. The monoisotopic (exact) mass is 93.0 g/mol. The predicted molar refractivity (Wildman–Crippen MR) is 28.3 cm³/mol. The zero-order chi connectivity index (χ0) is 5.15. The van der Waals surface area contributed by atoms with Crippen LogP contribution in [0.4, 0.5) is 0 Å². The molecule has 0 aromatic rings. The van der Waals surface area contributed by atoms with Crippen LogP contribution < -0.4 is 0 Å². The topological polar surface area (TPSA) is 0 Å². The van der Waals surface area contributed by atoms with Gasteiger partial charge in [-0.25, -0.2) is 0 Å². The van der Waals surface area contributed by atoms with E-state index >= 15 is 0 Å². The molecule has 0 aliphatic heterocycles. The van der Waals surface area contributed by atoms with E-state index < -0.39 is 14.1 Å². The summed E-state index contributed by atoms with van der Waals surface area (Å²) in [5.41, 5.74) is 0. The van der Waals surface area contributed by atoms with E-state index in [1.54, 1.807) is 0 Å². The zero-order valence-corrected chi connectivity index (χ0v) is 4.23. The minimum Gasteiger partial charge on any atom is -0.141 e. The fourth-order valence-electron chi connectivity index (χ4n) is 0. The predicted octanol–water partition coefficient (Wildman–Crippen LogP) is 0.972. The van der Waals surface area contributed by atoms with Crippen molar-refractivity contribution in [2.24, 2.45) is 0 Å². The van der Waals surface area contributed by atoms with Crippen molar-refractivity contribution in [1.82, 2.24) is 0 Å². The molecule has 2 radical (unpaired) electrons. The molecule has 0 rings (SSSR count). The lowest BCUT2D eigenvalue weighted by atomic mass is 10.8. The van der Waals surface area contributed by atoms with E-state index in [1.807, 2.05) is 0 Å². The van der Waals surface area contributed by atoms with Gasteiger partial charge in [0.05, 0.1) is 0 Å². The van der Waals surface area contributed by atoms with Gasteiger partial charge in [-0.15, -0.1) is 16.4 Å². The van der Waals surface area contributed by atoms with Crippen LogP contribution in [0.25, 0.3) is 0 Å². The van der Waals surface area contributed by atoms with Crippen LogP contribution in [0, 0.1) is 0 Å².